The van der Waals surface area contributed by atoms with Gasteiger partial charge in [-0.25, -0.2) is 0 Å². The predicted molar refractivity (Wildman–Crippen MR) is 79.4 cm³/mol. The third-order valence-electron chi connectivity index (χ3n) is 3.10. The first-order chi connectivity index (χ1) is 9.92. The van der Waals surface area contributed by atoms with Crippen LogP contribution in [0.1, 0.15) is 31.1 Å². The number of amides is 1. The fraction of sp³-hybridized carbons (Fsp3) is 0.500. The number of hydrogen-bond acceptors (Lipinski definition) is 5. The lowest BCUT2D eigenvalue weighted by atomic mass is 10.0. The molecular formula is C14H21N3O4. The quantitative estimate of drug-likeness (QED) is 0.588. The second-order valence-electron chi connectivity index (χ2n) is 4.90. The van der Waals surface area contributed by atoms with Crippen LogP contribution in [0, 0.1) is 16.0 Å². The number of nitrogens with zero attached hydrogens (tertiary/aromatic N) is 1. The van der Waals surface area contributed by atoms with Gasteiger partial charge in [0.2, 0.25) is 5.75 Å². The molecule has 0 saturated heterocycles. The normalized spacial score (nSPS) is 12.0. The molecule has 0 radical (unpaired) electrons. The van der Waals surface area contributed by atoms with Gasteiger partial charge in [-0.2, -0.15) is 0 Å². The molecule has 0 aliphatic heterocycles. The van der Waals surface area contributed by atoms with Gasteiger partial charge < -0.3 is 15.8 Å². The lowest BCUT2D eigenvalue weighted by Crippen LogP contribution is -2.43. The lowest BCUT2D eigenvalue weighted by Gasteiger charge is -2.21. The Morgan fingerprint density at radius 3 is 2.62 bits per heavy atom. The Kier molecular flexibility index (Phi) is 6.10. The van der Waals surface area contributed by atoms with Crippen molar-refractivity contribution in [2.75, 3.05) is 13.2 Å². The fourth-order valence-corrected chi connectivity index (χ4v) is 1.89. The molecule has 7 heteroatoms. The molecular weight excluding hydrogens is 274 g/mol. The molecule has 1 aromatic rings. The van der Waals surface area contributed by atoms with Crippen molar-refractivity contribution in [3.05, 3.63) is 33.9 Å². The van der Waals surface area contributed by atoms with Gasteiger partial charge in [-0.1, -0.05) is 19.9 Å². The Hall–Kier alpha value is -2.15. The molecule has 0 aliphatic rings. The number of nitrogens with two attached hydrogens (primary N) is 1. The van der Waals surface area contributed by atoms with Crippen molar-refractivity contribution in [2.45, 2.75) is 26.8 Å². The Morgan fingerprint density at radius 1 is 1.48 bits per heavy atom. The van der Waals surface area contributed by atoms with E-state index in [0.29, 0.717) is 6.54 Å². The molecule has 3 N–H and O–H groups in total. The molecule has 1 rings (SSSR count). The van der Waals surface area contributed by atoms with Crippen LogP contribution in [0.25, 0.3) is 0 Å². The van der Waals surface area contributed by atoms with Crippen molar-refractivity contribution in [2.24, 2.45) is 11.7 Å². The number of benzene rings is 1. The van der Waals surface area contributed by atoms with E-state index < -0.39 is 10.8 Å². The van der Waals surface area contributed by atoms with Gasteiger partial charge in [-0.15, -0.1) is 0 Å². The summed E-state index contributed by atoms with van der Waals surface area (Å²) in [5.41, 5.74) is 5.54. The molecule has 7 nitrogen and oxygen atoms in total. The largest absolute Gasteiger partial charge is 0.487 e. The number of rotatable bonds is 7. The molecule has 0 saturated carbocycles. The van der Waals surface area contributed by atoms with Crippen molar-refractivity contribution in [1.82, 2.24) is 5.32 Å². The zero-order valence-electron chi connectivity index (χ0n) is 12.5. The van der Waals surface area contributed by atoms with Crippen LogP contribution in [-0.4, -0.2) is 30.0 Å². The molecule has 1 amide bonds. The second kappa shape index (κ2) is 7.58. The summed E-state index contributed by atoms with van der Waals surface area (Å²) in [6.45, 7) is 6.11. The van der Waals surface area contributed by atoms with Gasteiger partial charge in [0, 0.05) is 18.7 Å². The number of carbonyl (C=O) groups is 1. The molecule has 0 aromatic heterocycles. The summed E-state index contributed by atoms with van der Waals surface area (Å²) < 4.78 is 5.29. The molecule has 116 valence electrons. The van der Waals surface area contributed by atoms with Gasteiger partial charge >= 0.3 is 5.69 Å². The van der Waals surface area contributed by atoms with E-state index >= 15 is 0 Å². The molecule has 1 atom stereocenters. The van der Waals surface area contributed by atoms with E-state index in [0.717, 1.165) is 0 Å². The molecule has 0 heterocycles. The minimum absolute atomic E-state index is 0.0120. The molecule has 0 spiro atoms. The number of nitro groups is 1. The topological polar surface area (TPSA) is 107 Å². The maximum Gasteiger partial charge on any atom is 0.311 e. The first kappa shape index (κ1) is 16.9. The van der Waals surface area contributed by atoms with E-state index in [-0.39, 0.29) is 35.6 Å². The minimum Gasteiger partial charge on any atom is -0.487 e. The number of ether oxygens (including phenoxy) is 1. The number of carbonyl (C=O) groups excluding carboxylic acids is 1. The van der Waals surface area contributed by atoms with Gasteiger partial charge in [0.25, 0.3) is 5.91 Å². The van der Waals surface area contributed by atoms with E-state index in [2.05, 4.69) is 5.32 Å². The van der Waals surface area contributed by atoms with Crippen LogP contribution in [0.2, 0.25) is 0 Å². The summed E-state index contributed by atoms with van der Waals surface area (Å²) in [4.78, 5) is 22.8. The first-order valence-electron chi connectivity index (χ1n) is 6.83. The summed E-state index contributed by atoms with van der Waals surface area (Å²) in [5, 5.41) is 13.8. The highest BCUT2D eigenvalue weighted by Gasteiger charge is 2.24. The van der Waals surface area contributed by atoms with Crippen molar-refractivity contribution in [1.29, 1.82) is 0 Å². The monoisotopic (exact) mass is 295 g/mol. The highest BCUT2D eigenvalue weighted by molar-refractivity contribution is 5.98. The number of nitrogens with one attached hydrogen (secondary N) is 1. The maximum absolute atomic E-state index is 12.3. The standard InChI is InChI=1S/C14H21N3O4/c1-4-21-13-10(6-5-7-12(13)17(19)20)14(18)16-11(8-15)9(2)3/h5-7,9,11H,4,8,15H2,1-3H3,(H,16,18). The molecule has 0 bridgehead atoms. The highest BCUT2D eigenvalue weighted by atomic mass is 16.6. The summed E-state index contributed by atoms with van der Waals surface area (Å²) in [6.07, 6.45) is 0. The van der Waals surface area contributed by atoms with E-state index in [4.69, 9.17) is 10.5 Å². The number of para-hydroxylation sites is 1. The maximum atomic E-state index is 12.3. The highest BCUT2D eigenvalue weighted by Crippen LogP contribution is 2.31. The third-order valence-corrected chi connectivity index (χ3v) is 3.10. The fourth-order valence-electron chi connectivity index (χ4n) is 1.89. The van der Waals surface area contributed by atoms with Gasteiger partial charge in [0.05, 0.1) is 17.1 Å². The van der Waals surface area contributed by atoms with Gasteiger partial charge in [0.1, 0.15) is 0 Å². The Morgan fingerprint density at radius 2 is 2.14 bits per heavy atom. The van der Waals surface area contributed by atoms with E-state index in [9.17, 15) is 14.9 Å². The van der Waals surface area contributed by atoms with Crippen LogP contribution in [0.3, 0.4) is 0 Å². The average Bonchev–Trinajstić information content (AvgIpc) is 2.44. The Bertz CT molecular complexity index is 517. The zero-order valence-corrected chi connectivity index (χ0v) is 12.5. The van der Waals surface area contributed by atoms with Crippen LogP contribution >= 0.6 is 0 Å². The predicted octanol–water partition coefficient (Wildman–Crippen LogP) is 1.71. The number of nitro benzene ring substituents is 1. The third kappa shape index (κ3) is 4.16. The molecule has 1 unspecified atom stereocenters. The average molecular weight is 295 g/mol. The summed E-state index contributed by atoms with van der Waals surface area (Å²) in [7, 11) is 0. The number of hydrogen-bond donors (Lipinski definition) is 2. The SMILES string of the molecule is CCOc1c(C(=O)NC(CN)C(C)C)cccc1[N+](=O)[O-]. The van der Waals surface area contributed by atoms with Crippen LogP contribution in [0.5, 0.6) is 5.75 Å². The summed E-state index contributed by atoms with van der Waals surface area (Å²) in [6, 6.07) is 4.07. The summed E-state index contributed by atoms with van der Waals surface area (Å²) in [5.74, 6) is -0.276. The van der Waals surface area contributed by atoms with Crippen LogP contribution in [-0.2, 0) is 0 Å². The van der Waals surface area contributed by atoms with Gasteiger partial charge in [0.15, 0.2) is 0 Å². The van der Waals surface area contributed by atoms with E-state index in [1.165, 1.54) is 18.2 Å². The van der Waals surface area contributed by atoms with Crippen LogP contribution < -0.4 is 15.8 Å². The second-order valence-corrected chi connectivity index (χ2v) is 4.90. The van der Waals surface area contributed by atoms with Crippen LogP contribution in [0.4, 0.5) is 5.69 Å². The molecule has 21 heavy (non-hydrogen) atoms. The lowest BCUT2D eigenvalue weighted by molar-refractivity contribution is -0.385. The van der Waals surface area contributed by atoms with Gasteiger partial charge in [-0.05, 0) is 18.9 Å². The minimum atomic E-state index is -0.565. The first-order valence-corrected chi connectivity index (χ1v) is 6.83. The van der Waals surface area contributed by atoms with Crippen molar-refractivity contribution in [3.63, 3.8) is 0 Å². The van der Waals surface area contributed by atoms with Gasteiger partial charge in [-0.3, -0.25) is 14.9 Å². The smallest absolute Gasteiger partial charge is 0.311 e. The molecule has 0 aliphatic carbocycles. The van der Waals surface area contributed by atoms with Crippen molar-refractivity contribution < 1.29 is 14.5 Å². The molecule has 1 aromatic carbocycles. The van der Waals surface area contributed by atoms with E-state index in [1.54, 1.807) is 6.92 Å². The summed E-state index contributed by atoms with van der Waals surface area (Å²) >= 11 is 0. The van der Waals surface area contributed by atoms with E-state index in [1.807, 2.05) is 13.8 Å². The molecule has 0 fully saturated rings. The Labute approximate surface area is 123 Å². The zero-order chi connectivity index (χ0) is 16.0. The van der Waals surface area contributed by atoms with Crippen LogP contribution in [0.15, 0.2) is 18.2 Å². The van der Waals surface area contributed by atoms with Crippen molar-refractivity contribution >= 4 is 11.6 Å². The Balaban J connectivity index is 3.14. The van der Waals surface area contributed by atoms with Crippen molar-refractivity contribution in [3.8, 4) is 5.75 Å².